The first-order valence-corrected chi connectivity index (χ1v) is 7.54. The summed E-state index contributed by atoms with van der Waals surface area (Å²) in [7, 11) is 1.88. The van der Waals surface area contributed by atoms with E-state index >= 15 is 0 Å². The van der Waals surface area contributed by atoms with Crippen molar-refractivity contribution in [2.75, 3.05) is 7.05 Å². The van der Waals surface area contributed by atoms with Gasteiger partial charge in [-0.1, -0.05) is 36.4 Å². The first kappa shape index (κ1) is 13.3. The second-order valence-corrected chi connectivity index (χ2v) is 5.74. The Balaban J connectivity index is 1.94. The van der Waals surface area contributed by atoms with E-state index in [4.69, 9.17) is 0 Å². The van der Waals surface area contributed by atoms with Crippen LogP contribution in [0.25, 0.3) is 10.1 Å². The largest absolute Gasteiger partial charge is 0.313 e. The molecular formula is C17H16FNS. The molecule has 1 atom stereocenters. The molecule has 0 fully saturated rings. The lowest BCUT2D eigenvalue weighted by atomic mass is 9.98. The Labute approximate surface area is 122 Å². The predicted octanol–water partition coefficient (Wildman–Crippen LogP) is 4.54. The number of fused-ring (bicyclic) bond motifs is 1. The van der Waals surface area contributed by atoms with Gasteiger partial charge in [-0.25, -0.2) is 4.39 Å². The molecule has 3 rings (SSSR count). The maximum Gasteiger partial charge on any atom is 0.127 e. The van der Waals surface area contributed by atoms with Gasteiger partial charge in [0, 0.05) is 16.3 Å². The smallest absolute Gasteiger partial charge is 0.127 e. The highest BCUT2D eigenvalue weighted by molar-refractivity contribution is 7.17. The Morgan fingerprint density at radius 1 is 1.10 bits per heavy atom. The zero-order chi connectivity index (χ0) is 13.9. The van der Waals surface area contributed by atoms with E-state index in [1.165, 1.54) is 21.7 Å². The lowest BCUT2D eigenvalue weighted by Gasteiger charge is -2.17. The lowest BCUT2D eigenvalue weighted by molar-refractivity contribution is 0.535. The third kappa shape index (κ3) is 2.47. The summed E-state index contributed by atoms with van der Waals surface area (Å²) >= 11 is 1.74. The zero-order valence-corrected chi connectivity index (χ0v) is 12.1. The summed E-state index contributed by atoms with van der Waals surface area (Å²) in [6.07, 6.45) is 0.793. The topological polar surface area (TPSA) is 12.0 Å². The number of benzene rings is 2. The summed E-state index contributed by atoms with van der Waals surface area (Å²) in [6, 6.07) is 15.3. The summed E-state index contributed by atoms with van der Waals surface area (Å²) in [6.45, 7) is 0. The van der Waals surface area contributed by atoms with Gasteiger partial charge in [0.25, 0.3) is 0 Å². The van der Waals surface area contributed by atoms with Gasteiger partial charge in [-0.05, 0) is 41.9 Å². The quantitative estimate of drug-likeness (QED) is 0.742. The molecule has 1 aromatic heterocycles. The molecule has 20 heavy (non-hydrogen) atoms. The molecule has 0 bridgehead atoms. The molecular weight excluding hydrogens is 269 g/mol. The molecule has 1 unspecified atom stereocenters. The van der Waals surface area contributed by atoms with Crippen molar-refractivity contribution in [3.63, 3.8) is 0 Å². The molecule has 3 heteroatoms. The summed E-state index contributed by atoms with van der Waals surface area (Å²) in [5, 5.41) is 6.68. The van der Waals surface area contributed by atoms with Crippen molar-refractivity contribution in [1.29, 1.82) is 0 Å². The van der Waals surface area contributed by atoms with Gasteiger partial charge in [0.15, 0.2) is 0 Å². The summed E-state index contributed by atoms with van der Waals surface area (Å²) in [4.78, 5) is 0. The van der Waals surface area contributed by atoms with E-state index < -0.39 is 0 Å². The van der Waals surface area contributed by atoms with Crippen molar-refractivity contribution in [3.05, 3.63) is 70.9 Å². The van der Waals surface area contributed by atoms with Gasteiger partial charge >= 0.3 is 0 Å². The summed E-state index contributed by atoms with van der Waals surface area (Å²) in [5.41, 5.74) is 2.00. The molecule has 102 valence electrons. The van der Waals surface area contributed by atoms with E-state index in [0.717, 1.165) is 12.0 Å². The average molecular weight is 285 g/mol. The second-order valence-electron chi connectivity index (χ2n) is 4.82. The van der Waals surface area contributed by atoms with Crippen molar-refractivity contribution in [2.24, 2.45) is 0 Å². The molecule has 2 aromatic carbocycles. The highest BCUT2D eigenvalue weighted by atomic mass is 32.1. The van der Waals surface area contributed by atoms with E-state index in [2.05, 4.69) is 35.0 Å². The van der Waals surface area contributed by atoms with Crippen LogP contribution in [0.2, 0.25) is 0 Å². The monoisotopic (exact) mass is 285 g/mol. The first-order chi connectivity index (χ1) is 9.79. The number of halogens is 1. The van der Waals surface area contributed by atoms with Crippen LogP contribution in [0.3, 0.4) is 0 Å². The molecule has 1 nitrogen and oxygen atoms in total. The van der Waals surface area contributed by atoms with E-state index in [-0.39, 0.29) is 11.9 Å². The molecule has 0 spiro atoms. The average Bonchev–Trinajstić information content (AvgIpc) is 2.89. The van der Waals surface area contributed by atoms with Gasteiger partial charge in [-0.3, -0.25) is 0 Å². The molecule has 1 N–H and O–H groups in total. The molecule has 3 aromatic rings. The van der Waals surface area contributed by atoms with Crippen LogP contribution < -0.4 is 5.32 Å². The normalized spacial score (nSPS) is 12.7. The minimum atomic E-state index is -0.147. The molecule has 0 saturated heterocycles. The Hall–Kier alpha value is -1.71. The van der Waals surface area contributed by atoms with Gasteiger partial charge in [0.1, 0.15) is 5.82 Å². The van der Waals surface area contributed by atoms with Crippen LogP contribution in [-0.2, 0) is 6.42 Å². The Kier molecular flexibility index (Phi) is 3.81. The number of nitrogens with one attached hydrogen (secondary N) is 1. The third-order valence-electron chi connectivity index (χ3n) is 3.61. The molecule has 0 aliphatic carbocycles. The van der Waals surface area contributed by atoms with Crippen LogP contribution >= 0.6 is 11.3 Å². The van der Waals surface area contributed by atoms with E-state index in [0.29, 0.717) is 0 Å². The van der Waals surface area contributed by atoms with E-state index in [1.54, 1.807) is 17.4 Å². The summed E-state index contributed by atoms with van der Waals surface area (Å²) < 4.78 is 15.2. The van der Waals surface area contributed by atoms with Crippen LogP contribution in [0.1, 0.15) is 17.2 Å². The second kappa shape index (κ2) is 5.73. The molecule has 0 aliphatic rings. The number of hydrogen-bond acceptors (Lipinski definition) is 2. The minimum absolute atomic E-state index is 0.00536. The first-order valence-electron chi connectivity index (χ1n) is 6.66. The van der Waals surface area contributed by atoms with Crippen LogP contribution in [0.4, 0.5) is 4.39 Å². The SMILES string of the molecule is CNC(Cc1csc2ccccc12)c1ccccc1F. The van der Waals surface area contributed by atoms with Crippen LogP contribution in [0.15, 0.2) is 53.9 Å². The lowest BCUT2D eigenvalue weighted by Crippen LogP contribution is -2.19. The van der Waals surface area contributed by atoms with Crippen molar-refractivity contribution in [1.82, 2.24) is 5.32 Å². The van der Waals surface area contributed by atoms with Crippen molar-refractivity contribution >= 4 is 21.4 Å². The zero-order valence-electron chi connectivity index (χ0n) is 11.3. The fourth-order valence-electron chi connectivity index (χ4n) is 2.54. The van der Waals surface area contributed by atoms with E-state index in [9.17, 15) is 4.39 Å². The maximum atomic E-state index is 13.9. The van der Waals surface area contributed by atoms with Crippen molar-refractivity contribution in [3.8, 4) is 0 Å². The van der Waals surface area contributed by atoms with Crippen LogP contribution in [0, 0.1) is 5.82 Å². The molecule has 0 amide bonds. The van der Waals surface area contributed by atoms with Gasteiger partial charge in [0.05, 0.1) is 0 Å². The van der Waals surface area contributed by atoms with Crippen LogP contribution in [-0.4, -0.2) is 7.05 Å². The fourth-order valence-corrected chi connectivity index (χ4v) is 3.51. The van der Waals surface area contributed by atoms with Gasteiger partial charge in [-0.15, -0.1) is 11.3 Å². The van der Waals surface area contributed by atoms with Gasteiger partial charge in [-0.2, -0.15) is 0 Å². The number of hydrogen-bond donors (Lipinski definition) is 1. The highest BCUT2D eigenvalue weighted by Gasteiger charge is 2.16. The number of rotatable bonds is 4. The third-order valence-corrected chi connectivity index (χ3v) is 4.63. The molecule has 0 radical (unpaired) electrons. The minimum Gasteiger partial charge on any atom is -0.313 e. The van der Waals surface area contributed by atoms with E-state index in [1.807, 2.05) is 19.2 Å². The molecule has 0 aliphatic heterocycles. The molecule has 1 heterocycles. The fraction of sp³-hybridized carbons (Fsp3) is 0.176. The standard InChI is InChI=1S/C17H16FNS/c1-19-16(14-7-2-4-8-15(14)18)10-12-11-20-17-9-5-3-6-13(12)17/h2-9,11,16,19H,10H2,1H3. The van der Waals surface area contributed by atoms with Gasteiger partial charge < -0.3 is 5.32 Å². The van der Waals surface area contributed by atoms with Crippen molar-refractivity contribution < 1.29 is 4.39 Å². The number of likely N-dealkylation sites (N-methyl/N-ethyl adjacent to an activating group) is 1. The highest BCUT2D eigenvalue weighted by Crippen LogP contribution is 2.30. The van der Waals surface area contributed by atoms with Crippen LogP contribution in [0.5, 0.6) is 0 Å². The number of thiophene rings is 1. The van der Waals surface area contributed by atoms with Crippen molar-refractivity contribution in [2.45, 2.75) is 12.5 Å². The Morgan fingerprint density at radius 2 is 1.85 bits per heavy atom. The Bertz CT molecular complexity index is 720. The Morgan fingerprint density at radius 3 is 2.65 bits per heavy atom. The maximum absolute atomic E-state index is 13.9. The van der Waals surface area contributed by atoms with Gasteiger partial charge in [0.2, 0.25) is 0 Å². The summed E-state index contributed by atoms with van der Waals surface area (Å²) in [5.74, 6) is -0.147. The molecule has 0 saturated carbocycles. The predicted molar refractivity (Wildman–Crippen MR) is 83.7 cm³/mol.